The molecule has 0 amide bonds. The first-order valence-electron chi connectivity index (χ1n) is 13.5. The van der Waals surface area contributed by atoms with Crippen molar-refractivity contribution in [2.24, 2.45) is 40.5 Å². The molecule has 0 aromatic carbocycles. The van der Waals surface area contributed by atoms with Gasteiger partial charge in [0.1, 0.15) is 30.2 Å². The molecule has 6 unspecified atom stereocenters. The van der Waals surface area contributed by atoms with Crippen LogP contribution in [0.25, 0.3) is 0 Å². The molecule has 1 aromatic rings. The van der Waals surface area contributed by atoms with Crippen LogP contribution in [0.5, 0.6) is 0 Å². The molecule has 0 spiro atoms. The van der Waals surface area contributed by atoms with E-state index >= 15 is 0 Å². The lowest BCUT2D eigenvalue weighted by atomic mass is 10.0. The largest absolute Gasteiger partial charge is 0.480 e. The number of carbonyl (C=O) groups is 5. The molecule has 0 fully saturated rings. The lowest BCUT2D eigenvalue weighted by Crippen LogP contribution is -2.36. The summed E-state index contributed by atoms with van der Waals surface area (Å²) < 4.78 is 0. The Morgan fingerprint density at radius 1 is 0.795 bits per heavy atom. The van der Waals surface area contributed by atoms with Crippen LogP contribution < -0.4 is 28.7 Å². The van der Waals surface area contributed by atoms with Gasteiger partial charge in [-0.3, -0.25) is 24.0 Å². The van der Waals surface area contributed by atoms with Gasteiger partial charge in [0, 0.05) is 18.3 Å². The first kappa shape index (κ1) is 47.6. The van der Waals surface area contributed by atoms with Crippen LogP contribution in [0, 0.1) is 11.8 Å². The number of carboxylic acids is 5. The number of hydrogen-bond acceptors (Lipinski definition) is 12. The summed E-state index contributed by atoms with van der Waals surface area (Å²) in [5.41, 5.74) is 26.5. The van der Waals surface area contributed by atoms with Gasteiger partial charge >= 0.3 is 29.8 Å². The van der Waals surface area contributed by atoms with Crippen molar-refractivity contribution in [3.05, 3.63) is 18.2 Å². The molecule has 258 valence electrons. The summed E-state index contributed by atoms with van der Waals surface area (Å²) in [4.78, 5) is 56.7. The molecule has 1 heterocycles. The Kier molecular flexibility index (Phi) is 30.8. The number of aromatic amines is 1. The van der Waals surface area contributed by atoms with E-state index in [1.165, 1.54) is 13.3 Å². The number of carboxylic acid groups (broad SMARTS) is 5. The van der Waals surface area contributed by atoms with Crippen molar-refractivity contribution >= 4 is 41.6 Å². The molecule has 0 radical (unpaired) electrons. The van der Waals surface area contributed by atoms with Crippen molar-refractivity contribution in [3.8, 4) is 0 Å². The second-order valence-electron chi connectivity index (χ2n) is 9.90. The summed E-state index contributed by atoms with van der Waals surface area (Å²) >= 11 is 1.60. The van der Waals surface area contributed by atoms with E-state index in [9.17, 15) is 24.0 Å². The molecule has 17 nitrogen and oxygen atoms in total. The zero-order valence-electron chi connectivity index (χ0n) is 26.3. The van der Waals surface area contributed by atoms with E-state index in [0.29, 0.717) is 18.8 Å². The van der Waals surface area contributed by atoms with Gasteiger partial charge in [-0.2, -0.15) is 11.8 Å². The van der Waals surface area contributed by atoms with E-state index in [-0.39, 0.29) is 12.3 Å². The highest BCUT2D eigenvalue weighted by Crippen LogP contribution is 2.04. The predicted octanol–water partition coefficient (Wildman–Crippen LogP) is -0.177. The minimum Gasteiger partial charge on any atom is -0.480 e. The van der Waals surface area contributed by atoms with Gasteiger partial charge in [-0.25, -0.2) is 4.98 Å². The van der Waals surface area contributed by atoms with Gasteiger partial charge in [-0.1, -0.05) is 34.1 Å². The number of nitrogens with zero attached hydrogens (tertiary/aromatic N) is 1. The van der Waals surface area contributed by atoms with Crippen LogP contribution in [0.2, 0.25) is 0 Å². The first-order valence-corrected chi connectivity index (χ1v) is 14.9. The zero-order chi connectivity index (χ0) is 35.6. The number of nitrogens with one attached hydrogen (secondary N) is 1. The fourth-order valence-electron chi connectivity index (χ4n) is 2.19. The monoisotopic (exact) mass is 655 g/mol. The van der Waals surface area contributed by atoms with Gasteiger partial charge in [0.25, 0.3) is 0 Å². The standard InChI is InChI=1S/C6H9N3O2.2C6H13NO2.C5H11NO2S.C3H7NO2/c7-5(6(10)11)1-4-2-8-3-9-4;1-4(2)3-5(7)6(8)9;1-3-4(2)5(7)6(8)9;1-9-3-2-4(6)5(7)8;1-2(4)3(5)6/h2-3,5H,1,7H2,(H,8,9)(H,10,11);2*4-5H,3,7H2,1-2H3,(H,8,9);4H,2-3,6H2,1H3,(H,7,8);2H,4H2,1H3,(H,5,6). The highest BCUT2D eigenvalue weighted by Gasteiger charge is 2.17. The van der Waals surface area contributed by atoms with E-state index in [1.54, 1.807) is 18.0 Å². The highest BCUT2D eigenvalue weighted by molar-refractivity contribution is 7.98. The molecule has 0 aliphatic heterocycles. The Labute approximate surface area is 262 Å². The van der Waals surface area contributed by atoms with Crippen molar-refractivity contribution in [3.63, 3.8) is 0 Å². The van der Waals surface area contributed by atoms with E-state index in [4.69, 9.17) is 54.2 Å². The Balaban J connectivity index is -0.000000230. The summed E-state index contributed by atoms with van der Waals surface area (Å²) in [5, 5.41) is 41.2. The third-order valence-corrected chi connectivity index (χ3v) is 5.88. The Morgan fingerprint density at radius 2 is 1.25 bits per heavy atom. The van der Waals surface area contributed by atoms with E-state index in [1.807, 2.05) is 34.0 Å². The van der Waals surface area contributed by atoms with Crippen molar-refractivity contribution in [2.45, 2.75) is 90.5 Å². The summed E-state index contributed by atoms with van der Waals surface area (Å²) in [6.45, 7) is 9.07. The van der Waals surface area contributed by atoms with Crippen LogP contribution in [0.1, 0.15) is 59.6 Å². The van der Waals surface area contributed by atoms with Crippen LogP contribution in [-0.2, 0) is 30.4 Å². The van der Waals surface area contributed by atoms with Gasteiger partial charge in [-0.15, -0.1) is 0 Å². The van der Waals surface area contributed by atoms with Crippen LogP contribution in [0.3, 0.4) is 0 Å². The summed E-state index contributed by atoms with van der Waals surface area (Å²) in [6, 6.07) is -3.65. The number of thioether (sulfide) groups is 1. The average molecular weight is 656 g/mol. The molecular weight excluding hydrogens is 602 g/mol. The maximum absolute atomic E-state index is 10.3. The molecule has 0 saturated carbocycles. The number of H-pyrrole nitrogens is 1. The normalized spacial score (nSPS) is 14.0. The van der Waals surface area contributed by atoms with Crippen molar-refractivity contribution in [2.75, 3.05) is 12.0 Å². The third kappa shape index (κ3) is 31.6. The van der Waals surface area contributed by atoms with Crippen LogP contribution in [0.15, 0.2) is 12.5 Å². The molecule has 1 rings (SSSR count). The van der Waals surface area contributed by atoms with Gasteiger partial charge in [0.2, 0.25) is 0 Å². The fourth-order valence-corrected chi connectivity index (χ4v) is 2.68. The molecule has 44 heavy (non-hydrogen) atoms. The zero-order valence-corrected chi connectivity index (χ0v) is 27.1. The molecule has 18 heteroatoms. The maximum atomic E-state index is 10.3. The van der Waals surface area contributed by atoms with E-state index in [0.717, 1.165) is 17.9 Å². The SMILES string of the molecule is CC(C)CC(N)C(=O)O.CC(N)C(=O)O.CCC(C)C(N)C(=O)O.CSCCC(N)C(=O)O.NC(Cc1cnc[nH]1)C(=O)O. The molecule has 0 aliphatic carbocycles. The number of imidazole rings is 1. The summed E-state index contributed by atoms with van der Waals surface area (Å²) in [5.74, 6) is -3.46. The molecular formula is C26H53N7O10S. The lowest BCUT2D eigenvalue weighted by molar-refractivity contribution is -0.140. The number of aliphatic carboxylic acids is 5. The fraction of sp³-hybridized carbons (Fsp3) is 0.692. The van der Waals surface area contributed by atoms with Crippen molar-refractivity contribution in [1.82, 2.24) is 9.97 Å². The lowest BCUT2D eigenvalue weighted by Gasteiger charge is -2.11. The molecule has 16 N–H and O–H groups in total. The number of aromatic nitrogens is 2. The van der Waals surface area contributed by atoms with Crippen LogP contribution >= 0.6 is 11.8 Å². The molecule has 6 atom stereocenters. The third-order valence-electron chi connectivity index (χ3n) is 5.24. The molecule has 0 saturated heterocycles. The van der Waals surface area contributed by atoms with Gasteiger partial charge < -0.3 is 59.2 Å². The topological polar surface area (TPSA) is 345 Å². The first-order chi connectivity index (χ1) is 20.1. The number of nitrogens with two attached hydrogens (primary N) is 5. The van der Waals surface area contributed by atoms with Crippen molar-refractivity contribution in [1.29, 1.82) is 0 Å². The van der Waals surface area contributed by atoms with Crippen LogP contribution in [-0.4, -0.2) is 108 Å². The smallest absolute Gasteiger partial charge is 0.320 e. The second-order valence-corrected chi connectivity index (χ2v) is 10.9. The molecule has 1 aromatic heterocycles. The summed E-state index contributed by atoms with van der Waals surface area (Å²) in [6.07, 6.45) is 7.18. The van der Waals surface area contributed by atoms with Gasteiger partial charge in [0.15, 0.2) is 0 Å². The number of rotatable bonds is 14. The maximum Gasteiger partial charge on any atom is 0.320 e. The average Bonchev–Trinajstić information content (AvgIpc) is 3.44. The van der Waals surface area contributed by atoms with E-state index < -0.39 is 60.1 Å². The van der Waals surface area contributed by atoms with Gasteiger partial charge in [0.05, 0.1) is 6.33 Å². The van der Waals surface area contributed by atoms with Gasteiger partial charge in [-0.05, 0) is 43.6 Å². The minimum absolute atomic E-state index is 0.0718. The summed E-state index contributed by atoms with van der Waals surface area (Å²) in [7, 11) is 0. The number of hydrogen-bond donors (Lipinski definition) is 11. The highest BCUT2D eigenvalue weighted by atomic mass is 32.2. The minimum atomic E-state index is -1.00. The van der Waals surface area contributed by atoms with E-state index in [2.05, 4.69) is 9.97 Å². The Hall–Kier alpha value is -3.29. The predicted molar refractivity (Wildman–Crippen MR) is 168 cm³/mol. The quantitative estimate of drug-likeness (QED) is 0.124. The molecule has 0 aliphatic rings. The molecule has 0 bridgehead atoms. The Morgan fingerprint density at radius 3 is 1.48 bits per heavy atom. The second kappa shape index (κ2) is 28.5. The van der Waals surface area contributed by atoms with Crippen molar-refractivity contribution < 1.29 is 49.5 Å². The Bertz CT molecular complexity index is 921. The van der Waals surface area contributed by atoms with Crippen LogP contribution in [0.4, 0.5) is 0 Å².